The van der Waals surface area contributed by atoms with Gasteiger partial charge in [0.25, 0.3) is 0 Å². The van der Waals surface area contributed by atoms with Crippen molar-refractivity contribution in [2.75, 3.05) is 26.2 Å². The van der Waals surface area contributed by atoms with Crippen LogP contribution >= 0.6 is 22.9 Å². The molecule has 1 aromatic carbocycles. The quantitative estimate of drug-likeness (QED) is 0.399. The summed E-state index contributed by atoms with van der Waals surface area (Å²) in [6.07, 6.45) is -0.610. The van der Waals surface area contributed by atoms with E-state index in [1.807, 2.05) is 13.0 Å². The molecule has 0 saturated carbocycles. The van der Waals surface area contributed by atoms with Crippen LogP contribution in [-0.4, -0.2) is 42.1 Å². The first kappa shape index (κ1) is 22.7. The largest absolute Gasteiger partial charge is 0.386 e. The molecule has 2 rings (SSSR count). The predicted octanol–water partition coefficient (Wildman–Crippen LogP) is 4.03. The molecule has 0 fully saturated rings. The zero-order valence-electron chi connectivity index (χ0n) is 16.9. The Bertz CT molecular complexity index is 728. The number of hydrogen-bond acceptors (Lipinski definition) is 4. The molecule has 0 aliphatic carbocycles. The average Bonchev–Trinajstić information content (AvgIpc) is 3.15. The third-order valence-corrected chi connectivity index (χ3v) is 5.81. The van der Waals surface area contributed by atoms with Gasteiger partial charge >= 0.3 is 0 Å². The lowest BCUT2D eigenvalue weighted by Crippen LogP contribution is -2.39. The molecule has 0 spiro atoms. The fourth-order valence-corrected chi connectivity index (χ4v) is 3.82. The lowest BCUT2D eigenvalue weighted by Gasteiger charge is -2.18. The van der Waals surface area contributed by atoms with Crippen LogP contribution in [-0.2, 0) is 13.1 Å². The highest BCUT2D eigenvalue weighted by Gasteiger charge is 2.11. The molecule has 5 nitrogen and oxygen atoms in total. The lowest BCUT2D eigenvalue weighted by atomic mass is 10.1. The maximum atomic E-state index is 10.3. The Morgan fingerprint density at radius 1 is 1.07 bits per heavy atom. The molecule has 28 heavy (non-hydrogen) atoms. The second-order valence-electron chi connectivity index (χ2n) is 6.51. The van der Waals surface area contributed by atoms with Crippen LogP contribution in [0.2, 0.25) is 4.34 Å². The van der Waals surface area contributed by atoms with Crippen LogP contribution in [0.1, 0.15) is 42.9 Å². The van der Waals surface area contributed by atoms with E-state index in [1.54, 1.807) is 6.07 Å². The van der Waals surface area contributed by atoms with E-state index in [0.29, 0.717) is 23.4 Å². The molecule has 1 unspecified atom stereocenters. The minimum atomic E-state index is -0.610. The molecule has 7 heteroatoms. The van der Waals surface area contributed by atoms with Crippen LogP contribution in [0.4, 0.5) is 0 Å². The molecule has 0 saturated heterocycles. The normalized spacial score (nSPS) is 13.0. The minimum absolute atomic E-state index is 0.380. The van der Waals surface area contributed by atoms with Crippen molar-refractivity contribution in [3.05, 3.63) is 56.7 Å². The SMILES string of the molecule is CCNC(=NCc1ccc(CN(CC)CC)cc1)NCC(O)c1ccc(Cl)s1. The number of halogens is 1. The molecular formula is C21H31ClN4OS. The molecule has 1 aromatic heterocycles. The Labute approximate surface area is 177 Å². The number of nitrogens with zero attached hydrogens (tertiary/aromatic N) is 2. The molecule has 0 bridgehead atoms. The van der Waals surface area contributed by atoms with E-state index in [0.717, 1.165) is 36.6 Å². The van der Waals surface area contributed by atoms with Crippen molar-refractivity contribution in [1.29, 1.82) is 0 Å². The van der Waals surface area contributed by atoms with Crippen molar-refractivity contribution in [2.45, 2.75) is 40.0 Å². The van der Waals surface area contributed by atoms with Crippen molar-refractivity contribution >= 4 is 28.9 Å². The monoisotopic (exact) mass is 422 g/mol. The molecular weight excluding hydrogens is 392 g/mol. The van der Waals surface area contributed by atoms with Gasteiger partial charge in [0.1, 0.15) is 6.10 Å². The third-order valence-electron chi connectivity index (χ3n) is 4.47. The van der Waals surface area contributed by atoms with Crippen molar-refractivity contribution < 1.29 is 5.11 Å². The van der Waals surface area contributed by atoms with Crippen molar-refractivity contribution in [3.63, 3.8) is 0 Å². The van der Waals surface area contributed by atoms with Crippen LogP contribution < -0.4 is 10.6 Å². The molecule has 3 N–H and O–H groups in total. The standard InChI is InChI=1S/C21H31ClN4OS/c1-4-23-21(25-14-18(27)19-11-12-20(22)28-19)24-13-16-7-9-17(10-8-16)15-26(5-2)6-3/h7-12,18,27H,4-6,13-15H2,1-3H3,(H2,23,24,25). The first-order chi connectivity index (χ1) is 13.5. The van der Waals surface area contributed by atoms with Crippen molar-refractivity contribution in [1.82, 2.24) is 15.5 Å². The first-order valence-corrected chi connectivity index (χ1v) is 11.0. The molecule has 0 amide bonds. The fraction of sp³-hybridized carbons (Fsp3) is 0.476. The van der Waals surface area contributed by atoms with E-state index in [1.165, 1.54) is 16.9 Å². The zero-order chi connectivity index (χ0) is 20.4. The molecule has 1 atom stereocenters. The molecule has 2 aromatic rings. The summed E-state index contributed by atoms with van der Waals surface area (Å²) in [6.45, 7) is 11.2. The Morgan fingerprint density at radius 2 is 1.75 bits per heavy atom. The van der Waals surface area contributed by atoms with Crippen molar-refractivity contribution in [2.24, 2.45) is 4.99 Å². The maximum Gasteiger partial charge on any atom is 0.191 e. The highest BCUT2D eigenvalue weighted by atomic mass is 35.5. The van der Waals surface area contributed by atoms with E-state index in [4.69, 9.17) is 11.6 Å². The Balaban J connectivity index is 1.90. The number of aliphatic hydroxyl groups is 1. The molecule has 0 aliphatic rings. The van der Waals surface area contributed by atoms with Crippen LogP contribution in [0.3, 0.4) is 0 Å². The third kappa shape index (κ3) is 7.43. The van der Waals surface area contributed by atoms with Gasteiger partial charge in [0.2, 0.25) is 0 Å². The van der Waals surface area contributed by atoms with E-state index in [-0.39, 0.29) is 0 Å². The molecule has 1 heterocycles. The number of benzene rings is 1. The lowest BCUT2D eigenvalue weighted by molar-refractivity contribution is 0.184. The van der Waals surface area contributed by atoms with Crippen molar-refractivity contribution in [3.8, 4) is 0 Å². The van der Waals surface area contributed by atoms with E-state index in [2.05, 4.69) is 58.6 Å². The maximum absolute atomic E-state index is 10.3. The van der Waals surface area contributed by atoms with Gasteiger partial charge in [-0.15, -0.1) is 11.3 Å². The predicted molar refractivity (Wildman–Crippen MR) is 120 cm³/mol. The summed E-state index contributed by atoms with van der Waals surface area (Å²) in [6, 6.07) is 12.3. The number of hydrogen-bond donors (Lipinski definition) is 3. The number of rotatable bonds is 10. The van der Waals surface area contributed by atoms with Gasteiger partial charge in [-0.1, -0.05) is 49.7 Å². The van der Waals surface area contributed by atoms with Gasteiger partial charge in [-0.3, -0.25) is 4.90 Å². The highest BCUT2D eigenvalue weighted by Crippen LogP contribution is 2.26. The van der Waals surface area contributed by atoms with Gasteiger partial charge in [0, 0.05) is 24.5 Å². The van der Waals surface area contributed by atoms with Crippen LogP contribution in [0.5, 0.6) is 0 Å². The van der Waals surface area contributed by atoms with Gasteiger partial charge < -0.3 is 15.7 Å². The Hall–Kier alpha value is -1.60. The highest BCUT2D eigenvalue weighted by molar-refractivity contribution is 7.16. The molecule has 0 aliphatic heterocycles. The average molecular weight is 423 g/mol. The summed E-state index contributed by atoms with van der Waals surface area (Å²) in [4.78, 5) is 7.87. The summed E-state index contributed by atoms with van der Waals surface area (Å²) in [5.41, 5.74) is 2.48. The summed E-state index contributed by atoms with van der Waals surface area (Å²) in [5, 5.41) is 16.7. The van der Waals surface area contributed by atoms with Crippen LogP contribution in [0.15, 0.2) is 41.4 Å². The Kier molecular flexibility index (Phi) is 9.78. The van der Waals surface area contributed by atoms with Gasteiger partial charge in [0.15, 0.2) is 5.96 Å². The molecule has 154 valence electrons. The second-order valence-corrected chi connectivity index (χ2v) is 8.26. The smallest absolute Gasteiger partial charge is 0.191 e. The molecule has 0 radical (unpaired) electrons. The fourth-order valence-electron chi connectivity index (χ4n) is 2.77. The summed E-state index contributed by atoms with van der Waals surface area (Å²) in [7, 11) is 0. The number of aliphatic imine (C=N–C) groups is 1. The summed E-state index contributed by atoms with van der Waals surface area (Å²) >= 11 is 7.33. The van der Waals surface area contributed by atoms with Crippen LogP contribution in [0.25, 0.3) is 0 Å². The first-order valence-electron chi connectivity index (χ1n) is 9.81. The van der Waals surface area contributed by atoms with E-state index >= 15 is 0 Å². The Morgan fingerprint density at radius 3 is 2.32 bits per heavy atom. The summed E-state index contributed by atoms with van der Waals surface area (Å²) in [5.74, 6) is 0.691. The number of nitrogens with one attached hydrogen (secondary N) is 2. The zero-order valence-corrected chi connectivity index (χ0v) is 18.5. The van der Waals surface area contributed by atoms with Gasteiger partial charge in [-0.25, -0.2) is 4.99 Å². The van der Waals surface area contributed by atoms with Crippen LogP contribution in [0, 0.1) is 0 Å². The number of aliphatic hydroxyl groups excluding tert-OH is 1. The van der Waals surface area contributed by atoms with Gasteiger partial charge in [0.05, 0.1) is 10.9 Å². The van der Waals surface area contributed by atoms with Gasteiger partial charge in [-0.2, -0.15) is 0 Å². The number of guanidine groups is 1. The summed E-state index contributed by atoms with van der Waals surface area (Å²) < 4.78 is 0.680. The number of thiophene rings is 1. The van der Waals surface area contributed by atoms with E-state index < -0.39 is 6.10 Å². The second kappa shape index (κ2) is 12.1. The van der Waals surface area contributed by atoms with Gasteiger partial charge in [-0.05, 0) is 43.3 Å². The topological polar surface area (TPSA) is 59.9 Å². The van der Waals surface area contributed by atoms with E-state index in [9.17, 15) is 5.11 Å². The minimum Gasteiger partial charge on any atom is -0.386 e.